The summed E-state index contributed by atoms with van der Waals surface area (Å²) in [6, 6.07) is 7.00. The Balaban J connectivity index is 2.80. The van der Waals surface area contributed by atoms with Gasteiger partial charge < -0.3 is 15.8 Å². The lowest BCUT2D eigenvalue weighted by atomic mass is 10.0. The molecule has 2 atom stereocenters. The average molecular weight is 296 g/mol. The monoisotopic (exact) mass is 295 g/mol. The molecule has 0 radical (unpaired) electrons. The van der Waals surface area contributed by atoms with Gasteiger partial charge in [0, 0.05) is 5.02 Å². The molecule has 0 aliphatic carbocycles. The number of nitriles is 1. The summed E-state index contributed by atoms with van der Waals surface area (Å²) in [6.07, 6.45) is -0.974. The normalized spacial score (nSPS) is 12.8. The summed E-state index contributed by atoms with van der Waals surface area (Å²) in [5.74, 6) is -0.604. The fraction of sp³-hybridized carbons (Fsp3) is 0.308. The first-order valence-electron chi connectivity index (χ1n) is 5.83. The largest absolute Gasteiger partial charge is 0.447 e. The number of ether oxygens (including phenoxy) is 1. The molecule has 1 rings (SSSR count). The number of carbonyl (C=O) groups is 2. The number of carbonyl (C=O) groups excluding carboxylic acids is 2. The van der Waals surface area contributed by atoms with Gasteiger partial charge in [0.05, 0.1) is 12.5 Å². The number of nitrogens with two attached hydrogens (primary N) is 1. The maximum absolute atomic E-state index is 11.7. The van der Waals surface area contributed by atoms with Crippen LogP contribution in [0.5, 0.6) is 0 Å². The lowest BCUT2D eigenvalue weighted by Gasteiger charge is -2.17. The van der Waals surface area contributed by atoms with Gasteiger partial charge in [0.25, 0.3) is 0 Å². The van der Waals surface area contributed by atoms with E-state index in [2.05, 4.69) is 5.32 Å². The predicted octanol–water partition coefficient (Wildman–Crippen LogP) is 1.89. The Morgan fingerprint density at radius 2 is 2.05 bits per heavy atom. The van der Waals surface area contributed by atoms with Crippen molar-refractivity contribution in [1.29, 1.82) is 5.26 Å². The molecule has 0 unspecified atom stereocenters. The van der Waals surface area contributed by atoms with Crippen molar-refractivity contribution < 1.29 is 14.3 Å². The lowest BCUT2D eigenvalue weighted by molar-refractivity contribution is -0.146. The van der Waals surface area contributed by atoms with Crippen LogP contribution in [0.1, 0.15) is 24.9 Å². The summed E-state index contributed by atoms with van der Waals surface area (Å²) in [6.45, 7) is 1.46. The van der Waals surface area contributed by atoms with Crippen LogP contribution in [0.4, 0.5) is 4.79 Å². The maximum Gasteiger partial charge on any atom is 0.312 e. The molecule has 0 aromatic heterocycles. The molecule has 0 saturated heterocycles. The molecule has 106 valence electrons. The Hall–Kier alpha value is -2.26. The van der Waals surface area contributed by atoms with Gasteiger partial charge in [-0.15, -0.1) is 0 Å². The number of halogens is 1. The summed E-state index contributed by atoms with van der Waals surface area (Å²) >= 11 is 5.78. The molecule has 0 spiro atoms. The number of esters is 1. The number of hydrogen-bond acceptors (Lipinski definition) is 4. The van der Waals surface area contributed by atoms with Crippen molar-refractivity contribution in [3.05, 3.63) is 34.9 Å². The number of benzene rings is 1. The smallest absolute Gasteiger partial charge is 0.312 e. The van der Waals surface area contributed by atoms with Crippen LogP contribution >= 0.6 is 11.6 Å². The Morgan fingerprint density at radius 3 is 2.55 bits per heavy atom. The lowest BCUT2D eigenvalue weighted by Crippen LogP contribution is -2.35. The Morgan fingerprint density at radius 1 is 1.45 bits per heavy atom. The Bertz CT molecular complexity index is 525. The van der Waals surface area contributed by atoms with E-state index >= 15 is 0 Å². The molecule has 2 amide bonds. The molecular weight excluding hydrogens is 282 g/mol. The minimum absolute atomic E-state index is 0.128. The van der Waals surface area contributed by atoms with Crippen molar-refractivity contribution in [2.75, 3.05) is 0 Å². The Kier molecular flexibility index (Phi) is 5.81. The third kappa shape index (κ3) is 5.16. The molecule has 0 aliphatic rings. The quantitative estimate of drug-likeness (QED) is 0.809. The first-order valence-corrected chi connectivity index (χ1v) is 6.20. The fourth-order valence-corrected chi connectivity index (χ4v) is 1.68. The number of nitrogens with one attached hydrogen (secondary N) is 1. The average Bonchev–Trinajstić information content (AvgIpc) is 2.38. The van der Waals surface area contributed by atoms with Crippen molar-refractivity contribution in [2.45, 2.75) is 25.5 Å². The third-order valence-electron chi connectivity index (χ3n) is 2.45. The minimum Gasteiger partial charge on any atom is -0.447 e. The molecule has 7 heteroatoms. The highest BCUT2D eigenvalue weighted by atomic mass is 35.5. The van der Waals surface area contributed by atoms with E-state index in [1.807, 2.05) is 0 Å². The number of rotatable bonds is 5. The van der Waals surface area contributed by atoms with Crippen LogP contribution < -0.4 is 11.1 Å². The van der Waals surface area contributed by atoms with Crippen LogP contribution in [0.25, 0.3) is 0 Å². The second kappa shape index (κ2) is 7.36. The zero-order chi connectivity index (χ0) is 15.1. The predicted molar refractivity (Wildman–Crippen MR) is 72.7 cm³/mol. The second-order valence-corrected chi connectivity index (χ2v) is 4.51. The molecule has 0 bridgehead atoms. The van der Waals surface area contributed by atoms with E-state index in [-0.39, 0.29) is 6.42 Å². The highest BCUT2D eigenvalue weighted by molar-refractivity contribution is 6.30. The van der Waals surface area contributed by atoms with Gasteiger partial charge in [0.15, 0.2) is 6.10 Å². The minimum atomic E-state index is -0.845. The summed E-state index contributed by atoms with van der Waals surface area (Å²) in [5, 5.41) is 11.6. The molecule has 3 N–H and O–H groups in total. The number of nitrogens with zero attached hydrogens (tertiary/aromatic N) is 1. The van der Waals surface area contributed by atoms with E-state index in [0.29, 0.717) is 10.6 Å². The first kappa shape index (κ1) is 15.8. The van der Waals surface area contributed by atoms with Gasteiger partial charge in [-0.2, -0.15) is 5.26 Å². The molecule has 1 aromatic carbocycles. The van der Waals surface area contributed by atoms with Gasteiger partial charge in [-0.05, 0) is 24.6 Å². The van der Waals surface area contributed by atoms with Crippen LogP contribution in [-0.2, 0) is 9.53 Å². The van der Waals surface area contributed by atoms with Crippen molar-refractivity contribution in [3.8, 4) is 6.07 Å². The van der Waals surface area contributed by atoms with Crippen LogP contribution in [0.3, 0.4) is 0 Å². The van der Waals surface area contributed by atoms with Gasteiger partial charge in [-0.25, -0.2) is 4.79 Å². The van der Waals surface area contributed by atoms with E-state index < -0.39 is 24.1 Å². The van der Waals surface area contributed by atoms with Gasteiger partial charge in [0.2, 0.25) is 0 Å². The van der Waals surface area contributed by atoms with Crippen LogP contribution in [0, 0.1) is 11.3 Å². The summed E-state index contributed by atoms with van der Waals surface area (Å²) in [4.78, 5) is 22.6. The van der Waals surface area contributed by atoms with Gasteiger partial charge >= 0.3 is 12.0 Å². The van der Waals surface area contributed by atoms with Crippen LogP contribution in [-0.4, -0.2) is 18.1 Å². The van der Waals surface area contributed by atoms with Crippen molar-refractivity contribution >= 4 is 23.6 Å². The van der Waals surface area contributed by atoms with Crippen LogP contribution in [0.15, 0.2) is 24.3 Å². The van der Waals surface area contributed by atoms with Gasteiger partial charge in [-0.1, -0.05) is 23.7 Å². The summed E-state index contributed by atoms with van der Waals surface area (Å²) in [7, 11) is 0. The molecule has 6 nitrogen and oxygen atoms in total. The highest BCUT2D eigenvalue weighted by Gasteiger charge is 2.19. The topological polar surface area (TPSA) is 105 Å². The first-order chi connectivity index (χ1) is 9.42. The molecule has 0 heterocycles. The van der Waals surface area contributed by atoms with Crippen molar-refractivity contribution in [1.82, 2.24) is 5.32 Å². The van der Waals surface area contributed by atoms with E-state index in [4.69, 9.17) is 27.3 Å². The molecule has 0 saturated carbocycles. The highest BCUT2D eigenvalue weighted by Crippen LogP contribution is 2.20. The van der Waals surface area contributed by atoms with Gasteiger partial charge in [-0.3, -0.25) is 4.79 Å². The summed E-state index contributed by atoms with van der Waals surface area (Å²) in [5.41, 5.74) is 5.74. The van der Waals surface area contributed by atoms with E-state index in [0.717, 1.165) is 0 Å². The van der Waals surface area contributed by atoms with E-state index in [1.165, 1.54) is 6.92 Å². The fourth-order valence-electron chi connectivity index (χ4n) is 1.56. The standard InChI is InChI=1S/C13H14ClN3O3/c1-8(7-15)20-12(18)6-11(17-13(16)19)9-2-4-10(14)5-3-9/h2-5,8,11H,6H2,1H3,(H3,16,17,19)/t8-,11+/m1/s1. The third-order valence-corrected chi connectivity index (χ3v) is 2.70. The number of hydrogen-bond donors (Lipinski definition) is 2. The molecule has 1 aromatic rings. The molecule has 0 fully saturated rings. The second-order valence-electron chi connectivity index (χ2n) is 4.08. The Labute approximate surface area is 121 Å². The zero-order valence-corrected chi connectivity index (χ0v) is 11.6. The maximum atomic E-state index is 11.7. The number of urea groups is 1. The zero-order valence-electron chi connectivity index (χ0n) is 10.8. The van der Waals surface area contributed by atoms with E-state index in [9.17, 15) is 9.59 Å². The molecule has 0 aliphatic heterocycles. The van der Waals surface area contributed by atoms with Crippen LogP contribution in [0.2, 0.25) is 5.02 Å². The van der Waals surface area contributed by atoms with Crippen molar-refractivity contribution in [2.24, 2.45) is 5.73 Å². The molecular formula is C13H14ClN3O3. The number of primary amides is 1. The van der Waals surface area contributed by atoms with Gasteiger partial charge in [0.1, 0.15) is 6.07 Å². The number of amides is 2. The summed E-state index contributed by atoms with van der Waals surface area (Å²) < 4.78 is 4.84. The SMILES string of the molecule is C[C@H](C#N)OC(=O)C[C@H](NC(N)=O)c1ccc(Cl)cc1. The van der Waals surface area contributed by atoms with E-state index in [1.54, 1.807) is 30.3 Å². The molecule has 20 heavy (non-hydrogen) atoms. The van der Waals surface area contributed by atoms with Crippen molar-refractivity contribution in [3.63, 3.8) is 0 Å².